The van der Waals surface area contributed by atoms with Crippen LogP contribution in [0.3, 0.4) is 0 Å². The Hall–Kier alpha value is -5.43. The highest BCUT2D eigenvalue weighted by Crippen LogP contribution is 2.61. The molecule has 59 heavy (non-hydrogen) atoms. The van der Waals surface area contributed by atoms with Gasteiger partial charge in [-0.3, -0.25) is 23.9 Å². The molecule has 11 nitrogen and oxygen atoms in total. The highest BCUT2D eigenvalue weighted by atomic mass is 35.5. The Bertz CT molecular complexity index is 2710. The van der Waals surface area contributed by atoms with Gasteiger partial charge in [0.2, 0.25) is 29.4 Å². The maximum Gasteiger partial charge on any atom is 0.242 e. The number of aryl methyl sites for hydroxylation is 3. The lowest BCUT2D eigenvalue weighted by Gasteiger charge is -2.47. The van der Waals surface area contributed by atoms with E-state index in [0.29, 0.717) is 39.2 Å². The Kier molecular flexibility index (Phi) is 9.33. The molecule has 4 heterocycles. The predicted octanol–water partition coefficient (Wildman–Crippen LogP) is 8.93. The largest absolute Gasteiger partial charge is 0.502 e. The molecule has 1 N–H and O–H groups in total. The third kappa shape index (κ3) is 5.78. The van der Waals surface area contributed by atoms with Crippen molar-refractivity contribution in [3.63, 3.8) is 0 Å². The number of phenols is 1. The number of nitrogens with zero attached hydrogens (tertiary/aromatic N) is 4. The molecule has 2 aliphatic heterocycles. The molecule has 0 unspecified atom stereocenters. The summed E-state index contributed by atoms with van der Waals surface area (Å²) in [5.41, 5.74) is 3.01. The van der Waals surface area contributed by atoms with Gasteiger partial charge in [0.25, 0.3) is 0 Å². The lowest BCUT2D eigenvalue weighted by atomic mass is 9.52. The average Bonchev–Trinajstić information content (AvgIpc) is 3.89. The van der Waals surface area contributed by atoms with Gasteiger partial charge in [-0.05, 0) is 104 Å². The van der Waals surface area contributed by atoms with E-state index >= 15 is 4.79 Å². The van der Waals surface area contributed by atoms with E-state index in [9.17, 15) is 19.5 Å². The molecule has 2 aliphatic carbocycles. The minimum absolute atomic E-state index is 0.154. The van der Waals surface area contributed by atoms with E-state index in [1.165, 1.54) is 24.0 Å². The van der Waals surface area contributed by atoms with Gasteiger partial charge in [-0.1, -0.05) is 53.1 Å². The number of halogens is 2. The van der Waals surface area contributed by atoms with Gasteiger partial charge in [0.1, 0.15) is 11.5 Å². The van der Waals surface area contributed by atoms with Crippen LogP contribution in [0.25, 0.3) is 26.7 Å². The van der Waals surface area contributed by atoms with E-state index in [-0.39, 0.29) is 41.4 Å². The number of anilines is 2. The SMILES string of the molecule is COc1cc(C=C[C@H]2C3=CC[C@@H]4C(=O)N(c5ccc(C)c(Cl)c5)C(=O)[C@@H]4[C@@H]3C[C@H]3C(=O)N(c4cc(-c5sc6ccc(Cl)cc6c5C)nn4C)C(=O)[C@@]23C)cc(OC)c1O. The quantitative estimate of drug-likeness (QED) is 0.127. The molecule has 1 saturated carbocycles. The van der Waals surface area contributed by atoms with Crippen molar-refractivity contribution in [1.29, 1.82) is 0 Å². The van der Waals surface area contributed by atoms with Crippen molar-refractivity contribution in [1.82, 2.24) is 9.78 Å². The smallest absolute Gasteiger partial charge is 0.242 e. The molecular weight excluding hydrogens is 811 g/mol. The second-order valence-corrected chi connectivity index (χ2v) is 17.9. The number of aromatic hydroxyl groups is 1. The number of ether oxygens (including phenoxy) is 2. The summed E-state index contributed by atoms with van der Waals surface area (Å²) >= 11 is 14.4. The van der Waals surface area contributed by atoms with Crippen LogP contribution < -0.4 is 19.3 Å². The Morgan fingerprint density at radius 1 is 0.915 bits per heavy atom. The van der Waals surface area contributed by atoms with Gasteiger partial charge in [0.05, 0.1) is 48.0 Å². The number of hydrogen-bond donors (Lipinski definition) is 1. The van der Waals surface area contributed by atoms with Crippen LogP contribution in [-0.4, -0.2) is 52.7 Å². The number of carbonyl (C=O) groups excluding carboxylic acids is 4. The normalized spacial score (nSPS) is 25.2. The lowest BCUT2D eigenvalue weighted by Crippen LogP contribution is -2.49. The first-order chi connectivity index (χ1) is 28.2. The molecule has 302 valence electrons. The number of thiophene rings is 1. The van der Waals surface area contributed by atoms with Crippen LogP contribution in [0.4, 0.5) is 11.5 Å². The van der Waals surface area contributed by atoms with Crippen molar-refractivity contribution in [3.05, 3.63) is 99.1 Å². The van der Waals surface area contributed by atoms with Crippen molar-refractivity contribution < 1.29 is 33.8 Å². The zero-order chi connectivity index (χ0) is 41.8. The maximum absolute atomic E-state index is 15.2. The van der Waals surface area contributed by atoms with Crippen LogP contribution in [0, 0.1) is 48.9 Å². The van der Waals surface area contributed by atoms with Crippen molar-refractivity contribution in [2.45, 2.75) is 33.6 Å². The van der Waals surface area contributed by atoms with Crippen LogP contribution in [0.15, 0.2) is 72.3 Å². The summed E-state index contributed by atoms with van der Waals surface area (Å²) in [6.45, 7) is 5.68. The molecule has 6 atom stereocenters. The van der Waals surface area contributed by atoms with E-state index in [2.05, 4.69) is 0 Å². The van der Waals surface area contributed by atoms with Crippen molar-refractivity contribution >= 4 is 85.8 Å². The molecule has 9 rings (SSSR count). The van der Waals surface area contributed by atoms with Crippen molar-refractivity contribution in [2.24, 2.45) is 42.1 Å². The molecule has 4 amide bonds. The number of aromatic nitrogens is 2. The Labute approximate surface area is 354 Å². The van der Waals surface area contributed by atoms with Gasteiger partial charge in [-0.15, -0.1) is 11.3 Å². The molecule has 0 radical (unpaired) electrons. The zero-order valence-corrected chi connectivity index (χ0v) is 35.4. The van der Waals surface area contributed by atoms with Crippen LogP contribution in [0.5, 0.6) is 17.2 Å². The Morgan fingerprint density at radius 2 is 1.64 bits per heavy atom. The number of amides is 4. The molecular formula is C45H40Cl2N4O7S. The number of carbonyl (C=O) groups is 4. The summed E-state index contributed by atoms with van der Waals surface area (Å²) in [7, 11) is 4.60. The number of methoxy groups -OCH3 is 2. The summed E-state index contributed by atoms with van der Waals surface area (Å²) in [5, 5.41) is 17.5. The highest BCUT2D eigenvalue weighted by Gasteiger charge is 2.67. The van der Waals surface area contributed by atoms with E-state index in [0.717, 1.165) is 31.7 Å². The molecule has 3 aromatic carbocycles. The number of imide groups is 2. The van der Waals surface area contributed by atoms with Crippen LogP contribution >= 0.6 is 34.5 Å². The standard InChI is InChI=1S/C45H40Cl2N4O7S/c1-21-7-10-25(18-32(21)47)50-41(53)27-12-11-26-29(38(27)43(50)55)19-31-42(54)51(37-20-33(48-49(37)4)40-22(2)28-17-24(46)9-14-36(28)59-40)44(56)45(31,3)30(26)13-8-23-15-34(57-5)39(52)35(16-23)58-6/h7-11,13-18,20,27,29-31,38,52H,12,19H2,1-6H3/t27-,29+,30-,31-,38-,45-/m0/s1. The van der Waals surface area contributed by atoms with Crippen LogP contribution in [0.2, 0.25) is 10.0 Å². The Morgan fingerprint density at radius 3 is 2.34 bits per heavy atom. The minimum atomic E-state index is -1.28. The van der Waals surface area contributed by atoms with Crippen molar-refractivity contribution in [2.75, 3.05) is 24.0 Å². The number of fused-ring (bicyclic) bond motifs is 5. The molecule has 14 heteroatoms. The van der Waals surface area contributed by atoms with Gasteiger partial charge < -0.3 is 14.6 Å². The average molecular weight is 852 g/mol. The summed E-state index contributed by atoms with van der Waals surface area (Å²) in [4.78, 5) is 62.2. The highest BCUT2D eigenvalue weighted by molar-refractivity contribution is 7.22. The van der Waals surface area contributed by atoms with E-state index in [1.54, 1.807) is 59.5 Å². The number of hydrogen-bond acceptors (Lipinski definition) is 9. The summed E-state index contributed by atoms with van der Waals surface area (Å²) < 4.78 is 13.4. The third-order valence-electron chi connectivity index (χ3n) is 13.0. The summed E-state index contributed by atoms with van der Waals surface area (Å²) in [5.74, 6) is -4.26. The van der Waals surface area contributed by atoms with E-state index in [4.69, 9.17) is 37.8 Å². The fraction of sp³-hybridized carbons (Fsp3) is 0.311. The zero-order valence-electron chi connectivity index (χ0n) is 33.1. The monoisotopic (exact) mass is 850 g/mol. The molecule has 2 saturated heterocycles. The number of phenolic OH excluding ortho intramolecular Hbond substituents is 1. The first-order valence-electron chi connectivity index (χ1n) is 19.3. The molecule has 2 aromatic heterocycles. The molecule has 4 aliphatic rings. The van der Waals surface area contributed by atoms with Crippen molar-refractivity contribution in [3.8, 4) is 27.8 Å². The molecule has 0 spiro atoms. The number of rotatable bonds is 7. The Balaban J connectivity index is 1.15. The second kappa shape index (κ2) is 14.1. The van der Waals surface area contributed by atoms with E-state index in [1.807, 2.05) is 57.2 Å². The first-order valence-corrected chi connectivity index (χ1v) is 20.8. The van der Waals surface area contributed by atoms with Gasteiger partial charge in [-0.2, -0.15) is 5.10 Å². The van der Waals surface area contributed by atoms with Crippen LogP contribution in [0.1, 0.15) is 36.5 Å². The summed E-state index contributed by atoms with van der Waals surface area (Å²) in [6.07, 6.45) is 6.19. The second-order valence-electron chi connectivity index (χ2n) is 16.0. The van der Waals surface area contributed by atoms with Gasteiger partial charge in [0.15, 0.2) is 11.5 Å². The van der Waals surface area contributed by atoms with Gasteiger partial charge >= 0.3 is 0 Å². The molecule has 5 aromatic rings. The fourth-order valence-electron chi connectivity index (χ4n) is 9.84. The lowest BCUT2D eigenvalue weighted by molar-refractivity contribution is -0.132. The van der Waals surface area contributed by atoms with Gasteiger partial charge in [-0.25, -0.2) is 9.80 Å². The van der Waals surface area contributed by atoms with E-state index < -0.39 is 40.9 Å². The topological polar surface area (TPSA) is 131 Å². The summed E-state index contributed by atoms with van der Waals surface area (Å²) in [6, 6.07) is 16.0. The maximum atomic E-state index is 15.2. The fourth-order valence-corrected chi connectivity index (χ4v) is 11.3. The first kappa shape index (κ1) is 39.1. The van der Waals surface area contributed by atoms with Gasteiger partial charge in [0, 0.05) is 33.8 Å². The number of allylic oxidation sites excluding steroid dienone is 3. The number of benzene rings is 3. The third-order valence-corrected chi connectivity index (χ3v) is 14.9. The minimum Gasteiger partial charge on any atom is -0.502 e. The van der Waals surface area contributed by atoms with Crippen LogP contribution in [-0.2, 0) is 26.2 Å². The molecule has 0 bridgehead atoms. The predicted molar refractivity (Wildman–Crippen MR) is 228 cm³/mol. The molecule has 3 fully saturated rings.